The number of hydrogen-bond acceptors (Lipinski definition) is 6. The molecule has 0 heterocycles. The van der Waals surface area contributed by atoms with Gasteiger partial charge in [0, 0.05) is 23.8 Å². The molecule has 0 aliphatic heterocycles. The van der Waals surface area contributed by atoms with Crippen molar-refractivity contribution in [2.24, 2.45) is 4.99 Å². The lowest BCUT2D eigenvalue weighted by atomic mass is 9.92. The number of ketones is 1. The lowest BCUT2D eigenvalue weighted by Crippen LogP contribution is -2.24. The smallest absolute Gasteiger partial charge is 0.206 e. The Balaban J connectivity index is 2.11. The number of halogens is 2. The minimum atomic E-state index is -0.413. The Hall–Kier alpha value is -2.96. The van der Waals surface area contributed by atoms with Gasteiger partial charge in [-0.1, -0.05) is 43.0 Å². The summed E-state index contributed by atoms with van der Waals surface area (Å²) in [5.74, 6) is -0.674. The zero-order valence-corrected chi connectivity index (χ0v) is 18.3. The quantitative estimate of drug-likeness (QED) is 0.216. The monoisotopic (exact) mass is 460 g/mol. The third-order valence-electron chi connectivity index (χ3n) is 4.75. The average molecular weight is 461 g/mol. The van der Waals surface area contributed by atoms with Gasteiger partial charge in [-0.15, -0.1) is 0 Å². The number of carbonyl (C=O) groups excluding carboxylic acids is 1. The van der Waals surface area contributed by atoms with Crippen LogP contribution in [0.1, 0.15) is 32.6 Å². The maximum absolute atomic E-state index is 12.8. The molecule has 1 aliphatic rings. The van der Waals surface area contributed by atoms with E-state index in [2.05, 4.69) is 17.2 Å². The maximum Gasteiger partial charge on any atom is 0.206 e. The van der Waals surface area contributed by atoms with Gasteiger partial charge in [-0.25, -0.2) is 4.99 Å². The number of anilines is 1. The summed E-state index contributed by atoms with van der Waals surface area (Å²) in [6.45, 7) is 2.07. The molecular formula is C23H22Cl2N2O4. The number of phenolic OH excluding ortho intramolecular Hbond substituents is 2. The molecule has 0 bridgehead atoms. The van der Waals surface area contributed by atoms with Gasteiger partial charge in [-0.3, -0.25) is 4.79 Å². The molecule has 0 radical (unpaired) electrons. The van der Waals surface area contributed by atoms with Crippen LogP contribution in [0.4, 0.5) is 11.4 Å². The molecule has 2 aromatic rings. The van der Waals surface area contributed by atoms with E-state index in [-0.39, 0.29) is 38.7 Å². The van der Waals surface area contributed by atoms with Crippen molar-refractivity contribution in [3.63, 3.8) is 0 Å². The van der Waals surface area contributed by atoms with Gasteiger partial charge in [0.25, 0.3) is 0 Å². The Kier molecular flexibility index (Phi) is 7.25. The van der Waals surface area contributed by atoms with Gasteiger partial charge in [0.15, 0.2) is 0 Å². The van der Waals surface area contributed by atoms with E-state index in [1.807, 2.05) is 0 Å². The summed E-state index contributed by atoms with van der Waals surface area (Å²) in [5, 5.41) is 33.2. The number of aromatic hydroxyl groups is 2. The number of benzene rings is 2. The molecule has 8 heteroatoms. The molecule has 1 aliphatic carbocycles. The number of aliphatic hydroxyl groups is 1. The van der Waals surface area contributed by atoms with Gasteiger partial charge in [-0.2, -0.15) is 0 Å². The minimum Gasteiger partial charge on any atom is -0.508 e. The predicted molar refractivity (Wildman–Crippen MR) is 124 cm³/mol. The summed E-state index contributed by atoms with van der Waals surface area (Å²) in [7, 11) is 0. The molecule has 0 aromatic heterocycles. The summed E-state index contributed by atoms with van der Waals surface area (Å²) in [5.41, 5.74) is 1.79. The topological polar surface area (TPSA) is 102 Å². The lowest BCUT2D eigenvalue weighted by molar-refractivity contribution is -0.111. The number of unbranched alkanes of at least 4 members (excludes halogenated alkanes) is 2. The fourth-order valence-electron chi connectivity index (χ4n) is 3.19. The Morgan fingerprint density at radius 3 is 2.29 bits per heavy atom. The molecule has 0 atom stereocenters. The van der Waals surface area contributed by atoms with Gasteiger partial charge < -0.3 is 20.6 Å². The van der Waals surface area contributed by atoms with Crippen molar-refractivity contribution in [2.45, 2.75) is 32.6 Å². The molecule has 0 saturated carbocycles. The Bertz CT molecular complexity index is 1110. The third-order valence-corrected chi connectivity index (χ3v) is 5.37. The number of nitrogens with zero attached hydrogens (tertiary/aromatic N) is 1. The first-order valence-corrected chi connectivity index (χ1v) is 10.6. The molecule has 0 unspecified atom stereocenters. The van der Waals surface area contributed by atoms with E-state index in [0.29, 0.717) is 23.4 Å². The maximum atomic E-state index is 12.8. The van der Waals surface area contributed by atoms with Crippen molar-refractivity contribution in [1.29, 1.82) is 0 Å². The molecule has 0 fully saturated rings. The van der Waals surface area contributed by atoms with Crippen LogP contribution in [0, 0.1) is 0 Å². The largest absolute Gasteiger partial charge is 0.508 e. The van der Waals surface area contributed by atoms with Gasteiger partial charge in [0.05, 0.1) is 27.1 Å². The Morgan fingerprint density at radius 2 is 1.65 bits per heavy atom. The minimum absolute atomic E-state index is 0.00410. The molecule has 31 heavy (non-hydrogen) atoms. The second-order valence-electron chi connectivity index (χ2n) is 7.09. The standard InChI is InChI=1S/C23H22Cl2N2O4/c1-2-3-4-5-15-22(26-18-8-6-13(28)10-16(18)24)20(30)12-21(31)23(15)27-19-9-7-14(29)11-17(19)25/h6-12,26,28-29,31H,2-5H2,1H3. The number of hydrogen-bond donors (Lipinski definition) is 4. The Labute approximate surface area is 190 Å². The van der Waals surface area contributed by atoms with Crippen LogP contribution in [0.25, 0.3) is 0 Å². The molecule has 0 amide bonds. The number of aliphatic hydroxyl groups excluding tert-OH is 1. The van der Waals surface area contributed by atoms with E-state index in [0.717, 1.165) is 25.3 Å². The van der Waals surface area contributed by atoms with Crippen LogP contribution in [0.2, 0.25) is 10.0 Å². The lowest BCUT2D eigenvalue weighted by Gasteiger charge is -2.21. The fourth-order valence-corrected chi connectivity index (χ4v) is 3.63. The second-order valence-corrected chi connectivity index (χ2v) is 7.90. The second kappa shape index (κ2) is 9.90. The summed E-state index contributed by atoms with van der Waals surface area (Å²) in [6.07, 6.45) is 4.27. The van der Waals surface area contributed by atoms with Crippen LogP contribution >= 0.6 is 23.2 Å². The highest BCUT2D eigenvalue weighted by atomic mass is 35.5. The number of rotatable bonds is 7. The highest BCUT2D eigenvalue weighted by molar-refractivity contribution is 6.34. The van der Waals surface area contributed by atoms with Gasteiger partial charge in [0.1, 0.15) is 23.0 Å². The van der Waals surface area contributed by atoms with E-state index < -0.39 is 5.78 Å². The van der Waals surface area contributed by atoms with Gasteiger partial charge in [0.2, 0.25) is 5.78 Å². The van der Waals surface area contributed by atoms with Crippen molar-refractivity contribution in [1.82, 2.24) is 0 Å². The van der Waals surface area contributed by atoms with Crippen LogP contribution in [-0.2, 0) is 4.79 Å². The van der Waals surface area contributed by atoms with Crippen LogP contribution < -0.4 is 5.32 Å². The Morgan fingerprint density at radius 1 is 0.968 bits per heavy atom. The first-order chi connectivity index (χ1) is 14.8. The first kappa shape index (κ1) is 22.7. The third kappa shape index (κ3) is 5.40. The molecule has 4 N–H and O–H groups in total. The molecular weight excluding hydrogens is 439 g/mol. The summed E-state index contributed by atoms with van der Waals surface area (Å²) in [6, 6.07) is 8.71. The summed E-state index contributed by atoms with van der Waals surface area (Å²) >= 11 is 12.4. The molecule has 3 rings (SSSR count). The zero-order valence-electron chi connectivity index (χ0n) is 16.8. The number of nitrogens with one attached hydrogen (secondary N) is 1. The average Bonchev–Trinajstić information content (AvgIpc) is 2.70. The van der Waals surface area contributed by atoms with E-state index >= 15 is 0 Å². The molecule has 6 nitrogen and oxygen atoms in total. The molecule has 162 valence electrons. The van der Waals surface area contributed by atoms with Crippen molar-refractivity contribution in [3.05, 3.63) is 69.5 Å². The van der Waals surface area contributed by atoms with Crippen LogP contribution in [0.15, 0.2) is 64.5 Å². The predicted octanol–water partition coefficient (Wildman–Crippen LogP) is 6.45. The number of allylic oxidation sites excluding steroid dienone is 2. The molecule has 0 spiro atoms. The molecule has 0 saturated heterocycles. The fraction of sp³-hybridized carbons (Fsp3) is 0.217. The van der Waals surface area contributed by atoms with E-state index in [1.54, 1.807) is 6.07 Å². The van der Waals surface area contributed by atoms with Gasteiger partial charge in [-0.05, 0) is 37.1 Å². The van der Waals surface area contributed by atoms with Crippen molar-refractivity contribution < 1.29 is 20.1 Å². The van der Waals surface area contributed by atoms with Crippen LogP contribution in [0.5, 0.6) is 11.5 Å². The van der Waals surface area contributed by atoms with Crippen molar-refractivity contribution in [2.75, 3.05) is 5.32 Å². The zero-order chi connectivity index (χ0) is 22.5. The SMILES string of the molecule is CCCCCC1=C(Nc2ccc(O)cc2Cl)C(=O)C=C(O)C1=Nc1ccc(O)cc1Cl. The molecule has 2 aromatic carbocycles. The number of aliphatic imine (C=N–C) groups is 1. The first-order valence-electron chi connectivity index (χ1n) is 9.81. The van der Waals surface area contributed by atoms with Crippen molar-refractivity contribution >= 4 is 46.1 Å². The van der Waals surface area contributed by atoms with Crippen LogP contribution in [0.3, 0.4) is 0 Å². The highest BCUT2D eigenvalue weighted by Crippen LogP contribution is 2.34. The number of carbonyl (C=O) groups is 1. The normalized spacial score (nSPS) is 15.4. The number of phenols is 2. The van der Waals surface area contributed by atoms with E-state index in [9.17, 15) is 20.1 Å². The van der Waals surface area contributed by atoms with Crippen molar-refractivity contribution in [3.8, 4) is 11.5 Å². The van der Waals surface area contributed by atoms with Crippen LogP contribution in [-0.4, -0.2) is 26.8 Å². The van der Waals surface area contributed by atoms with Gasteiger partial charge >= 0.3 is 0 Å². The summed E-state index contributed by atoms with van der Waals surface area (Å²) in [4.78, 5) is 17.3. The van der Waals surface area contributed by atoms with E-state index in [1.165, 1.54) is 30.3 Å². The highest BCUT2D eigenvalue weighted by Gasteiger charge is 2.27. The van der Waals surface area contributed by atoms with E-state index in [4.69, 9.17) is 23.2 Å². The summed E-state index contributed by atoms with van der Waals surface area (Å²) < 4.78 is 0.